The lowest BCUT2D eigenvalue weighted by atomic mass is 10.2. The molecule has 0 heterocycles. The third-order valence-corrected chi connectivity index (χ3v) is 6.82. The van der Waals surface area contributed by atoms with Gasteiger partial charge in [0, 0.05) is 24.7 Å². The number of carbonyl (C=O) groups is 1. The zero-order valence-corrected chi connectivity index (χ0v) is 16.4. The topological polar surface area (TPSA) is 66.5 Å². The molecule has 1 amide bonds. The molecule has 0 aliphatic heterocycles. The maximum absolute atomic E-state index is 12.3. The minimum Gasteiger partial charge on any atom is -0.325 e. The summed E-state index contributed by atoms with van der Waals surface area (Å²) in [7, 11) is -0.580. The molecule has 2 aromatic rings. The molecule has 0 atom stereocenters. The number of aryl methyl sites for hydroxylation is 2. The van der Waals surface area contributed by atoms with Crippen LogP contribution in [0.1, 0.15) is 11.1 Å². The van der Waals surface area contributed by atoms with Crippen LogP contribution >= 0.6 is 11.8 Å². The molecular formula is C18H22N2O3S2. The Morgan fingerprint density at radius 2 is 1.76 bits per heavy atom. The van der Waals surface area contributed by atoms with Crippen molar-refractivity contribution in [1.29, 1.82) is 0 Å². The normalized spacial score (nSPS) is 11.6. The fraction of sp³-hybridized carbons (Fsp3) is 0.278. The number of nitrogens with one attached hydrogen (secondary N) is 1. The average Bonchev–Trinajstić information content (AvgIpc) is 2.55. The van der Waals surface area contributed by atoms with Gasteiger partial charge in [-0.2, -0.15) is 0 Å². The predicted molar refractivity (Wildman–Crippen MR) is 103 cm³/mol. The summed E-state index contributed by atoms with van der Waals surface area (Å²) in [5, 5.41) is 2.77. The first-order valence-electron chi connectivity index (χ1n) is 7.73. The van der Waals surface area contributed by atoms with Crippen molar-refractivity contribution in [3.8, 4) is 0 Å². The lowest BCUT2D eigenvalue weighted by Crippen LogP contribution is -2.23. The van der Waals surface area contributed by atoms with E-state index in [4.69, 9.17) is 0 Å². The van der Waals surface area contributed by atoms with Gasteiger partial charge in [0.1, 0.15) is 0 Å². The van der Waals surface area contributed by atoms with E-state index in [0.29, 0.717) is 11.3 Å². The number of thioether (sulfide) groups is 1. The molecule has 0 aliphatic rings. The lowest BCUT2D eigenvalue weighted by molar-refractivity contribution is -0.113. The van der Waals surface area contributed by atoms with Gasteiger partial charge in [-0.05, 0) is 43.2 Å². The van der Waals surface area contributed by atoms with E-state index in [0.717, 1.165) is 14.8 Å². The summed E-state index contributed by atoms with van der Waals surface area (Å²) in [6.07, 6.45) is 0. The van der Waals surface area contributed by atoms with Gasteiger partial charge in [-0.1, -0.05) is 24.3 Å². The van der Waals surface area contributed by atoms with Crippen LogP contribution in [-0.2, 0) is 14.8 Å². The van der Waals surface area contributed by atoms with Crippen molar-refractivity contribution < 1.29 is 13.2 Å². The maximum Gasteiger partial charge on any atom is 0.242 e. The largest absolute Gasteiger partial charge is 0.325 e. The number of rotatable bonds is 6. The number of hydrogen-bond acceptors (Lipinski definition) is 4. The molecule has 0 spiro atoms. The highest BCUT2D eigenvalue weighted by Crippen LogP contribution is 2.24. The molecule has 2 rings (SSSR count). The molecule has 7 heteroatoms. The second-order valence-electron chi connectivity index (χ2n) is 5.87. The van der Waals surface area contributed by atoms with Crippen molar-refractivity contribution in [2.75, 3.05) is 25.2 Å². The molecule has 2 aromatic carbocycles. The molecule has 134 valence electrons. The zero-order valence-electron chi connectivity index (χ0n) is 14.7. The average molecular weight is 379 g/mol. The minimum absolute atomic E-state index is 0.176. The maximum atomic E-state index is 12.3. The van der Waals surface area contributed by atoms with Gasteiger partial charge in [-0.3, -0.25) is 4.79 Å². The third kappa shape index (κ3) is 4.84. The summed E-state index contributed by atoms with van der Waals surface area (Å²) in [6.45, 7) is 3.73. The smallest absolute Gasteiger partial charge is 0.242 e. The Balaban J connectivity index is 2.10. The molecule has 0 radical (unpaired) electrons. The van der Waals surface area contributed by atoms with E-state index in [1.54, 1.807) is 19.1 Å². The summed E-state index contributed by atoms with van der Waals surface area (Å²) in [4.78, 5) is 13.4. The van der Waals surface area contributed by atoms with Gasteiger partial charge in [0.25, 0.3) is 0 Å². The van der Waals surface area contributed by atoms with Crippen LogP contribution in [0.15, 0.2) is 52.3 Å². The SMILES string of the molecule is Cc1ccccc1SCC(=O)Nc1ccc(C)c(S(=O)(=O)N(C)C)c1. The number of carbonyl (C=O) groups excluding carboxylic acids is 1. The van der Waals surface area contributed by atoms with Gasteiger partial charge in [-0.15, -0.1) is 11.8 Å². The Morgan fingerprint density at radius 1 is 1.08 bits per heavy atom. The molecule has 0 saturated heterocycles. The van der Waals surface area contributed by atoms with Gasteiger partial charge in [0.2, 0.25) is 15.9 Å². The molecule has 0 unspecified atom stereocenters. The molecule has 5 nitrogen and oxygen atoms in total. The second kappa shape index (κ2) is 8.03. The summed E-state index contributed by atoms with van der Waals surface area (Å²) in [5.41, 5.74) is 2.23. The van der Waals surface area contributed by atoms with E-state index in [-0.39, 0.29) is 16.6 Å². The summed E-state index contributed by atoms with van der Waals surface area (Å²) >= 11 is 1.45. The first-order valence-corrected chi connectivity index (χ1v) is 10.2. The van der Waals surface area contributed by atoms with Crippen LogP contribution in [0.3, 0.4) is 0 Å². The Labute approximate surface area is 153 Å². The van der Waals surface area contributed by atoms with Crippen LogP contribution in [0.2, 0.25) is 0 Å². The highest BCUT2D eigenvalue weighted by molar-refractivity contribution is 8.00. The zero-order chi connectivity index (χ0) is 18.6. The van der Waals surface area contributed by atoms with Gasteiger partial charge in [0.05, 0.1) is 10.6 Å². The molecule has 0 saturated carbocycles. The number of hydrogen-bond donors (Lipinski definition) is 1. The summed E-state index contributed by atoms with van der Waals surface area (Å²) in [5.74, 6) is 0.0828. The Kier molecular flexibility index (Phi) is 6.26. The molecule has 0 aromatic heterocycles. The van der Waals surface area contributed by atoms with Gasteiger partial charge in [-0.25, -0.2) is 12.7 Å². The van der Waals surface area contributed by atoms with Crippen molar-refractivity contribution in [2.24, 2.45) is 0 Å². The number of nitrogens with zero attached hydrogens (tertiary/aromatic N) is 1. The van der Waals surface area contributed by atoms with Crippen molar-refractivity contribution in [2.45, 2.75) is 23.6 Å². The molecule has 0 bridgehead atoms. The predicted octanol–water partition coefficient (Wildman–Crippen LogP) is 3.28. The molecule has 0 aliphatic carbocycles. The van der Waals surface area contributed by atoms with E-state index < -0.39 is 10.0 Å². The van der Waals surface area contributed by atoms with E-state index in [1.807, 2.05) is 31.2 Å². The fourth-order valence-corrected chi connectivity index (χ4v) is 4.18. The van der Waals surface area contributed by atoms with Crippen molar-refractivity contribution in [1.82, 2.24) is 4.31 Å². The standard InChI is InChI=1S/C18H22N2O3S2/c1-13-7-5-6-8-16(13)24-12-18(21)19-15-10-9-14(2)17(11-15)25(22,23)20(3)4/h5-11H,12H2,1-4H3,(H,19,21). The van der Waals surface area contributed by atoms with Crippen LogP contribution in [0, 0.1) is 13.8 Å². The third-order valence-electron chi connectivity index (χ3n) is 3.68. The number of sulfonamides is 1. The second-order valence-corrected chi connectivity index (χ2v) is 9.01. The van der Waals surface area contributed by atoms with E-state index >= 15 is 0 Å². The molecule has 1 N–H and O–H groups in total. The van der Waals surface area contributed by atoms with Crippen molar-refractivity contribution in [3.63, 3.8) is 0 Å². The van der Waals surface area contributed by atoms with E-state index in [1.165, 1.54) is 31.9 Å². The van der Waals surface area contributed by atoms with Gasteiger partial charge >= 0.3 is 0 Å². The Bertz CT molecular complexity index is 878. The van der Waals surface area contributed by atoms with E-state index in [9.17, 15) is 13.2 Å². The first-order chi connectivity index (χ1) is 11.7. The quantitative estimate of drug-likeness (QED) is 0.784. The molecular weight excluding hydrogens is 356 g/mol. The number of benzene rings is 2. The number of amides is 1. The van der Waals surface area contributed by atoms with Crippen LogP contribution in [0.25, 0.3) is 0 Å². The highest BCUT2D eigenvalue weighted by Gasteiger charge is 2.20. The van der Waals surface area contributed by atoms with Crippen LogP contribution in [0.5, 0.6) is 0 Å². The van der Waals surface area contributed by atoms with Crippen molar-refractivity contribution in [3.05, 3.63) is 53.6 Å². The van der Waals surface area contributed by atoms with Crippen LogP contribution < -0.4 is 5.32 Å². The van der Waals surface area contributed by atoms with Gasteiger partial charge in [0.15, 0.2) is 0 Å². The summed E-state index contributed by atoms with van der Waals surface area (Å²) < 4.78 is 25.9. The van der Waals surface area contributed by atoms with Crippen LogP contribution in [0.4, 0.5) is 5.69 Å². The molecule has 25 heavy (non-hydrogen) atoms. The Hall–Kier alpha value is -1.83. The lowest BCUT2D eigenvalue weighted by Gasteiger charge is -2.15. The summed E-state index contributed by atoms with van der Waals surface area (Å²) in [6, 6.07) is 12.8. The highest BCUT2D eigenvalue weighted by atomic mass is 32.2. The Morgan fingerprint density at radius 3 is 2.40 bits per heavy atom. The van der Waals surface area contributed by atoms with Crippen LogP contribution in [-0.4, -0.2) is 38.5 Å². The fourth-order valence-electron chi connectivity index (χ4n) is 2.21. The first kappa shape index (κ1) is 19.5. The minimum atomic E-state index is -3.55. The van der Waals surface area contributed by atoms with Crippen molar-refractivity contribution >= 4 is 33.4 Å². The monoisotopic (exact) mass is 378 g/mol. The van der Waals surface area contributed by atoms with E-state index in [2.05, 4.69) is 5.32 Å². The van der Waals surface area contributed by atoms with Gasteiger partial charge < -0.3 is 5.32 Å². The molecule has 0 fully saturated rings. The number of anilines is 1.